The molecule has 2 aromatic carbocycles. The van der Waals surface area contributed by atoms with E-state index in [9.17, 15) is 9.18 Å². The maximum Gasteiger partial charge on any atom is 0.255 e. The topological polar surface area (TPSA) is 32.3 Å². The Balaban J connectivity index is 2.16. The maximum absolute atomic E-state index is 14.1. The summed E-state index contributed by atoms with van der Waals surface area (Å²) in [5.41, 5.74) is 1.51. The van der Waals surface area contributed by atoms with Crippen LogP contribution in [-0.2, 0) is 0 Å². The van der Waals surface area contributed by atoms with Gasteiger partial charge in [0.25, 0.3) is 5.91 Å². The van der Waals surface area contributed by atoms with E-state index in [0.29, 0.717) is 16.9 Å². The molecule has 0 saturated heterocycles. The molecule has 0 bridgehead atoms. The second-order valence-corrected chi connectivity index (χ2v) is 5.19. The number of hydrogen-bond acceptors (Lipinski definition) is 2. The summed E-state index contributed by atoms with van der Waals surface area (Å²) in [6.45, 7) is 3.98. The molecule has 0 aliphatic carbocycles. The maximum atomic E-state index is 14.1. The van der Waals surface area contributed by atoms with Gasteiger partial charge in [0, 0.05) is 24.3 Å². The Kier molecular flexibility index (Phi) is 4.58. The lowest BCUT2D eigenvalue weighted by Crippen LogP contribution is -2.26. The first-order valence-corrected chi connectivity index (χ1v) is 6.88. The van der Waals surface area contributed by atoms with E-state index < -0.39 is 0 Å². The minimum Gasteiger partial charge on any atom is -0.370 e. The molecule has 0 aromatic heterocycles. The molecule has 2 aromatic rings. The van der Waals surface area contributed by atoms with E-state index in [0.717, 1.165) is 0 Å². The lowest BCUT2D eigenvalue weighted by Gasteiger charge is -2.24. The van der Waals surface area contributed by atoms with Gasteiger partial charge in [-0.3, -0.25) is 4.79 Å². The number of amides is 1. The highest BCUT2D eigenvalue weighted by molar-refractivity contribution is 6.04. The van der Waals surface area contributed by atoms with Crippen molar-refractivity contribution in [3.05, 3.63) is 59.9 Å². The molecule has 4 heteroatoms. The standard InChI is InChI=1S/C17H19FN2O/c1-12(2)20(3)16-10-9-14(11-15(16)18)19-17(21)13-7-5-4-6-8-13/h4-12H,1-3H3,(H,19,21). The van der Waals surface area contributed by atoms with Crippen LogP contribution in [0, 0.1) is 5.82 Å². The molecule has 0 aliphatic rings. The van der Waals surface area contributed by atoms with E-state index in [1.165, 1.54) is 6.07 Å². The third-order valence-corrected chi connectivity index (χ3v) is 3.40. The first kappa shape index (κ1) is 15.0. The van der Waals surface area contributed by atoms with Crippen molar-refractivity contribution < 1.29 is 9.18 Å². The van der Waals surface area contributed by atoms with Gasteiger partial charge in [-0.15, -0.1) is 0 Å². The monoisotopic (exact) mass is 286 g/mol. The SMILES string of the molecule is CC(C)N(C)c1ccc(NC(=O)c2ccccc2)cc1F. The van der Waals surface area contributed by atoms with Gasteiger partial charge < -0.3 is 10.2 Å². The fraction of sp³-hybridized carbons (Fsp3) is 0.235. The lowest BCUT2D eigenvalue weighted by molar-refractivity contribution is 0.102. The number of hydrogen-bond donors (Lipinski definition) is 1. The molecule has 110 valence electrons. The number of carbonyl (C=O) groups excluding carboxylic acids is 1. The van der Waals surface area contributed by atoms with Crippen LogP contribution in [-0.4, -0.2) is 19.0 Å². The van der Waals surface area contributed by atoms with Gasteiger partial charge in [0.2, 0.25) is 0 Å². The van der Waals surface area contributed by atoms with Crippen LogP contribution >= 0.6 is 0 Å². The molecule has 2 rings (SSSR count). The Morgan fingerprint density at radius 1 is 1.14 bits per heavy atom. The highest BCUT2D eigenvalue weighted by Gasteiger charge is 2.12. The summed E-state index contributed by atoms with van der Waals surface area (Å²) < 4.78 is 14.1. The van der Waals surface area contributed by atoms with Crippen LogP contribution < -0.4 is 10.2 Å². The van der Waals surface area contributed by atoms with Gasteiger partial charge in [-0.1, -0.05) is 18.2 Å². The van der Waals surface area contributed by atoms with Crippen molar-refractivity contribution in [1.29, 1.82) is 0 Å². The zero-order valence-corrected chi connectivity index (χ0v) is 12.4. The summed E-state index contributed by atoms with van der Waals surface area (Å²) in [7, 11) is 1.84. The number of carbonyl (C=O) groups is 1. The first-order valence-electron chi connectivity index (χ1n) is 6.88. The molecule has 0 heterocycles. The summed E-state index contributed by atoms with van der Waals surface area (Å²) in [6, 6.07) is 13.8. The van der Waals surface area contributed by atoms with Crippen molar-refractivity contribution in [2.45, 2.75) is 19.9 Å². The average molecular weight is 286 g/mol. The van der Waals surface area contributed by atoms with Crippen molar-refractivity contribution in [2.75, 3.05) is 17.3 Å². The largest absolute Gasteiger partial charge is 0.370 e. The molecule has 1 amide bonds. The summed E-state index contributed by atoms with van der Waals surface area (Å²) in [5, 5.41) is 2.70. The fourth-order valence-corrected chi connectivity index (χ4v) is 1.94. The predicted octanol–water partition coefficient (Wildman–Crippen LogP) is 3.92. The predicted molar refractivity (Wildman–Crippen MR) is 84.3 cm³/mol. The highest BCUT2D eigenvalue weighted by atomic mass is 19.1. The van der Waals surface area contributed by atoms with Gasteiger partial charge in [0.15, 0.2) is 0 Å². The van der Waals surface area contributed by atoms with Crippen LogP contribution in [0.2, 0.25) is 0 Å². The minimum atomic E-state index is -0.350. The van der Waals surface area contributed by atoms with E-state index in [1.807, 2.05) is 31.9 Å². The zero-order valence-electron chi connectivity index (χ0n) is 12.4. The Morgan fingerprint density at radius 3 is 2.38 bits per heavy atom. The number of rotatable bonds is 4. The second-order valence-electron chi connectivity index (χ2n) is 5.19. The van der Waals surface area contributed by atoms with E-state index in [4.69, 9.17) is 0 Å². The van der Waals surface area contributed by atoms with Crippen molar-refractivity contribution >= 4 is 17.3 Å². The summed E-state index contributed by atoms with van der Waals surface area (Å²) >= 11 is 0. The molecule has 0 spiro atoms. The van der Waals surface area contributed by atoms with E-state index >= 15 is 0 Å². The van der Waals surface area contributed by atoms with E-state index in [2.05, 4.69) is 5.32 Å². The van der Waals surface area contributed by atoms with Crippen molar-refractivity contribution in [2.24, 2.45) is 0 Å². The van der Waals surface area contributed by atoms with Gasteiger partial charge in [-0.05, 0) is 44.2 Å². The van der Waals surface area contributed by atoms with Crippen LogP contribution in [0.1, 0.15) is 24.2 Å². The molecule has 0 unspecified atom stereocenters. The van der Waals surface area contributed by atoms with Crippen LogP contribution in [0.25, 0.3) is 0 Å². The number of benzene rings is 2. The van der Waals surface area contributed by atoms with Crippen molar-refractivity contribution in [1.82, 2.24) is 0 Å². The summed E-state index contributed by atoms with van der Waals surface area (Å²) in [6.07, 6.45) is 0. The van der Waals surface area contributed by atoms with E-state index in [-0.39, 0.29) is 17.8 Å². The summed E-state index contributed by atoms with van der Waals surface area (Å²) in [5.74, 6) is -0.600. The molecule has 0 fully saturated rings. The molecule has 0 radical (unpaired) electrons. The molecule has 0 aliphatic heterocycles. The number of nitrogens with one attached hydrogen (secondary N) is 1. The Morgan fingerprint density at radius 2 is 1.81 bits per heavy atom. The normalized spacial score (nSPS) is 10.5. The quantitative estimate of drug-likeness (QED) is 0.923. The molecular weight excluding hydrogens is 267 g/mol. The van der Waals surface area contributed by atoms with Crippen LogP contribution in [0.15, 0.2) is 48.5 Å². The van der Waals surface area contributed by atoms with Crippen molar-refractivity contribution in [3.63, 3.8) is 0 Å². The summed E-state index contributed by atoms with van der Waals surface area (Å²) in [4.78, 5) is 13.9. The van der Waals surface area contributed by atoms with Crippen LogP contribution in [0.5, 0.6) is 0 Å². The van der Waals surface area contributed by atoms with Crippen molar-refractivity contribution in [3.8, 4) is 0 Å². The van der Waals surface area contributed by atoms with Gasteiger partial charge >= 0.3 is 0 Å². The fourth-order valence-electron chi connectivity index (χ4n) is 1.94. The third kappa shape index (κ3) is 3.60. The number of nitrogens with zero attached hydrogens (tertiary/aromatic N) is 1. The lowest BCUT2D eigenvalue weighted by atomic mass is 10.2. The second kappa shape index (κ2) is 6.39. The molecule has 21 heavy (non-hydrogen) atoms. The first-order chi connectivity index (χ1) is 9.99. The van der Waals surface area contributed by atoms with Gasteiger partial charge in [0.05, 0.1) is 5.69 Å². The van der Waals surface area contributed by atoms with Gasteiger partial charge in [0.1, 0.15) is 5.82 Å². The van der Waals surface area contributed by atoms with Crippen LogP contribution in [0.4, 0.5) is 15.8 Å². The average Bonchev–Trinajstić information content (AvgIpc) is 2.47. The number of halogens is 1. The number of anilines is 2. The Hall–Kier alpha value is -2.36. The minimum absolute atomic E-state index is 0.198. The smallest absolute Gasteiger partial charge is 0.255 e. The van der Waals surface area contributed by atoms with E-state index in [1.54, 1.807) is 36.4 Å². The molecule has 3 nitrogen and oxygen atoms in total. The van der Waals surface area contributed by atoms with Gasteiger partial charge in [-0.2, -0.15) is 0 Å². The highest BCUT2D eigenvalue weighted by Crippen LogP contribution is 2.23. The Labute approximate surface area is 124 Å². The molecule has 0 saturated carbocycles. The third-order valence-electron chi connectivity index (χ3n) is 3.40. The molecule has 0 atom stereocenters. The van der Waals surface area contributed by atoms with Crippen LogP contribution in [0.3, 0.4) is 0 Å². The molecule has 1 N–H and O–H groups in total. The Bertz CT molecular complexity index is 626. The zero-order chi connectivity index (χ0) is 15.4. The van der Waals surface area contributed by atoms with Gasteiger partial charge in [-0.25, -0.2) is 4.39 Å². The molecular formula is C17H19FN2O.